The molecule has 0 saturated carbocycles. The second-order valence-corrected chi connectivity index (χ2v) is 4.33. The lowest BCUT2D eigenvalue weighted by Crippen LogP contribution is -2.27. The van der Waals surface area contributed by atoms with Crippen LogP contribution in [0.4, 0.5) is 5.69 Å². The van der Waals surface area contributed by atoms with Gasteiger partial charge in [-0.1, -0.05) is 29.3 Å². The summed E-state index contributed by atoms with van der Waals surface area (Å²) in [5.41, 5.74) is 2.22. The van der Waals surface area contributed by atoms with Crippen molar-refractivity contribution in [2.45, 2.75) is 6.92 Å². The van der Waals surface area contributed by atoms with Crippen LogP contribution in [0.2, 0.25) is 5.15 Å². The van der Waals surface area contributed by atoms with Gasteiger partial charge in [0.25, 0.3) is 5.91 Å². The number of hydrogen-bond donors (Lipinski definition) is 0. The fourth-order valence-corrected chi connectivity index (χ4v) is 1.59. The summed E-state index contributed by atoms with van der Waals surface area (Å²) in [6.07, 6.45) is 0. The molecule has 0 aliphatic heterocycles. The van der Waals surface area contributed by atoms with E-state index in [-0.39, 0.29) is 16.8 Å². The number of carbonyl (C=O) groups is 1. The summed E-state index contributed by atoms with van der Waals surface area (Å²) in [5.74, 6) is -0.219. The highest BCUT2D eigenvalue weighted by molar-refractivity contribution is 6.29. The van der Waals surface area contributed by atoms with E-state index >= 15 is 0 Å². The van der Waals surface area contributed by atoms with Crippen LogP contribution in [0.1, 0.15) is 16.1 Å². The van der Waals surface area contributed by atoms with E-state index in [1.54, 1.807) is 19.2 Å². The van der Waals surface area contributed by atoms with Gasteiger partial charge in [0.15, 0.2) is 10.8 Å². The first-order valence-corrected chi connectivity index (χ1v) is 5.79. The van der Waals surface area contributed by atoms with Crippen LogP contribution < -0.4 is 4.90 Å². The van der Waals surface area contributed by atoms with E-state index in [4.69, 9.17) is 11.6 Å². The van der Waals surface area contributed by atoms with E-state index in [2.05, 4.69) is 10.2 Å². The van der Waals surface area contributed by atoms with Gasteiger partial charge in [-0.05, 0) is 31.2 Å². The monoisotopic (exact) mass is 261 g/mol. The fourth-order valence-electron chi connectivity index (χ4n) is 1.49. The molecule has 1 aromatic heterocycles. The van der Waals surface area contributed by atoms with E-state index in [1.807, 2.05) is 31.2 Å². The van der Waals surface area contributed by atoms with Gasteiger partial charge < -0.3 is 4.90 Å². The quantitative estimate of drug-likeness (QED) is 0.835. The molecule has 0 radical (unpaired) electrons. The molecule has 4 nitrogen and oxygen atoms in total. The molecule has 1 aromatic carbocycles. The van der Waals surface area contributed by atoms with E-state index in [1.165, 1.54) is 4.90 Å². The summed E-state index contributed by atoms with van der Waals surface area (Å²) in [6, 6.07) is 10.8. The minimum atomic E-state index is -0.219. The Hall–Kier alpha value is -1.94. The molecule has 0 N–H and O–H groups in total. The summed E-state index contributed by atoms with van der Waals surface area (Å²) >= 11 is 5.63. The molecule has 0 saturated heterocycles. The SMILES string of the molecule is Cc1ccc(N(C)C(=O)c2ccc(Cl)nn2)cc1. The van der Waals surface area contributed by atoms with Gasteiger partial charge in [0.2, 0.25) is 0 Å². The molecular weight excluding hydrogens is 250 g/mol. The summed E-state index contributed by atoms with van der Waals surface area (Å²) in [5, 5.41) is 7.70. The third kappa shape index (κ3) is 2.65. The summed E-state index contributed by atoms with van der Waals surface area (Å²) in [6.45, 7) is 2.00. The Morgan fingerprint density at radius 1 is 1.11 bits per heavy atom. The number of hydrogen-bond acceptors (Lipinski definition) is 3. The maximum absolute atomic E-state index is 12.1. The van der Waals surface area contributed by atoms with Crippen LogP contribution in [-0.2, 0) is 0 Å². The number of anilines is 1. The average Bonchev–Trinajstić information content (AvgIpc) is 2.39. The Morgan fingerprint density at radius 3 is 2.33 bits per heavy atom. The van der Waals surface area contributed by atoms with Crippen LogP contribution in [0.5, 0.6) is 0 Å². The molecule has 1 amide bonds. The Labute approximate surface area is 110 Å². The number of rotatable bonds is 2. The molecule has 0 spiro atoms. The highest BCUT2D eigenvalue weighted by atomic mass is 35.5. The van der Waals surface area contributed by atoms with Gasteiger partial charge in [0, 0.05) is 12.7 Å². The summed E-state index contributed by atoms with van der Waals surface area (Å²) in [4.78, 5) is 13.6. The van der Waals surface area contributed by atoms with Crippen molar-refractivity contribution < 1.29 is 4.79 Å². The predicted octanol–water partition coefficient (Wildman–Crippen LogP) is 2.72. The summed E-state index contributed by atoms with van der Waals surface area (Å²) in [7, 11) is 1.70. The standard InChI is InChI=1S/C13H12ClN3O/c1-9-3-5-10(6-4-9)17(2)13(18)11-7-8-12(14)16-15-11/h3-8H,1-2H3. The van der Waals surface area contributed by atoms with Gasteiger partial charge in [-0.15, -0.1) is 10.2 Å². The zero-order valence-electron chi connectivity index (χ0n) is 10.1. The topological polar surface area (TPSA) is 46.1 Å². The highest BCUT2D eigenvalue weighted by Crippen LogP contribution is 2.15. The molecule has 0 aliphatic rings. The van der Waals surface area contributed by atoms with Crippen molar-refractivity contribution in [3.05, 3.63) is 52.8 Å². The smallest absolute Gasteiger partial charge is 0.278 e. The van der Waals surface area contributed by atoms with E-state index in [0.29, 0.717) is 0 Å². The molecule has 0 bridgehead atoms. The minimum absolute atomic E-state index is 0.219. The van der Waals surface area contributed by atoms with E-state index in [9.17, 15) is 4.79 Å². The van der Waals surface area contributed by atoms with Crippen LogP contribution in [0.3, 0.4) is 0 Å². The van der Waals surface area contributed by atoms with Crippen LogP contribution in [0.25, 0.3) is 0 Å². The Kier molecular flexibility index (Phi) is 3.58. The van der Waals surface area contributed by atoms with Gasteiger partial charge in [-0.3, -0.25) is 4.79 Å². The molecule has 18 heavy (non-hydrogen) atoms. The number of nitrogens with zero attached hydrogens (tertiary/aromatic N) is 3. The maximum Gasteiger partial charge on any atom is 0.278 e. The van der Waals surface area contributed by atoms with Gasteiger partial charge in [0.05, 0.1) is 0 Å². The molecule has 5 heteroatoms. The lowest BCUT2D eigenvalue weighted by atomic mass is 10.2. The van der Waals surface area contributed by atoms with Crippen molar-refractivity contribution in [3.63, 3.8) is 0 Å². The molecule has 2 rings (SSSR count). The lowest BCUT2D eigenvalue weighted by molar-refractivity contribution is 0.0987. The van der Waals surface area contributed by atoms with Gasteiger partial charge in [0.1, 0.15) is 0 Å². The van der Waals surface area contributed by atoms with Crippen LogP contribution >= 0.6 is 11.6 Å². The van der Waals surface area contributed by atoms with E-state index in [0.717, 1.165) is 11.3 Å². The molecule has 92 valence electrons. The van der Waals surface area contributed by atoms with Crippen molar-refractivity contribution in [2.24, 2.45) is 0 Å². The van der Waals surface area contributed by atoms with Crippen molar-refractivity contribution in [1.29, 1.82) is 0 Å². The summed E-state index contributed by atoms with van der Waals surface area (Å²) < 4.78 is 0. The van der Waals surface area contributed by atoms with Crippen LogP contribution in [0, 0.1) is 6.92 Å². The average molecular weight is 262 g/mol. The Bertz CT molecular complexity index is 551. The largest absolute Gasteiger partial charge is 0.310 e. The van der Waals surface area contributed by atoms with E-state index < -0.39 is 0 Å². The first-order valence-electron chi connectivity index (χ1n) is 5.42. The van der Waals surface area contributed by atoms with Crippen molar-refractivity contribution in [2.75, 3.05) is 11.9 Å². The zero-order chi connectivity index (χ0) is 13.1. The van der Waals surface area contributed by atoms with Crippen molar-refractivity contribution >= 4 is 23.2 Å². The number of halogens is 1. The highest BCUT2D eigenvalue weighted by Gasteiger charge is 2.15. The Morgan fingerprint density at radius 2 is 1.78 bits per heavy atom. The van der Waals surface area contributed by atoms with Gasteiger partial charge in [-0.2, -0.15) is 0 Å². The molecule has 2 aromatic rings. The Balaban J connectivity index is 2.23. The lowest BCUT2D eigenvalue weighted by Gasteiger charge is -2.16. The maximum atomic E-state index is 12.1. The third-order valence-electron chi connectivity index (χ3n) is 2.58. The number of amides is 1. The predicted molar refractivity (Wildman–Crippen MR) is 71.0 cm³/mol. The molecule has 1 heterocycles. The minimum Gasteiger partial charge on any atom is -0.310 e. The third-order valence-corrected chi connectivity index (χ3v) is 2.78. The van der Waals surface area contributed by atoms with Crippen LogP contribution in [0.15, 0.2) is 36.4 Å². The first-order chi connectivity index (χ1) is 8.58. The zero-order valence-corrected chi connectivity index (χ0v) is 10.8. The second-order valence-electron chi connectivity index (χ2n) is 3.94. The van der Waals surface area contributed by atoms with Gasteiger partial charge >= 0.3 is 0 Å². The molecule has 0 atom stereocenters. The first kappa shape index (κ1) is 12.5. The number of carbonyl (C=O) groups excluding carboxylic acids is 1. The normalized spacial score (nSPS) is 10.2. The molecule has 0 aliphatic carbocycles. The molecular formula is C13H12ClN3O. The van der Waals surface area contributed by atoms with Crippen LogP contribution in [-0.4, -0.2) is 23.2 Å². The van der Waals surface area contributed by atoms with Gasteiger partial charge in [-0.25, -0.2) is 0 Å². The molecule has 0 fully saturated rings. The number of aryl methyl sites for hydroxylation is 1. The second kappa shape index (κ2) is 5.14. The number of aromatic nitrogens is 2. The molecule has 0 unspecified atom stereocenters. The van der Waals surface area contributed by atoms with Crippen molar-refractivity contribution in [3.8, 4) is 0 Å². The van der Waals surface area contributed by atoms with Crippen molar-refractivity contribution in [1.82, 2.24) is 10.2 Å². The fraction of sp³-hybridized carbons (Fsp3) is 0.154. The number of benzene rings is 1.